The summed E-state index contributed by atoms with van der Waals surface area (Å²) < 4.78 is 10.8. The number of ether oxygens (including phenoxy) is 2. The van der Waals surface area contributed by atoms with Gasteiger partial charge in [-0.25, -0.2) is 0 Å². The van der Waals surface area contributed by atoms with Gasteiger partial charge in [0.05, 0.1) is 12.0 Å². The highest BCUT2D eigenvalue weighted by molar-refractivity contribution is 5.77. The highest BCUT2D eigenvalue weighted by Crippen LogP contribution is 2.48. The minimum atomic E-state index is -0.372. The maximum absolute atomic E-state index is 11.7. The lowest BCUT2D eigenvalue weighted by atomic mass is 10.1. The maximum atomic E-state index is 11.7. The van der Waals surface area contributed by atoms with E-state index in [9.17, 15) is 4.79 Å². The third-order valence-electron chi connectivity index (χ3n) is 2.77. The van der Waals surface area contributed by atoms with Gasteiger partial charge in [0.2, 0.25) is 0 Å². The van der Waals surface area contributed by atoms with Crippen molar-refractivity contribution in [3.63, 3.8) is 0 Å². The van der Waals surface area contributed by atoms with Crippen LogP contribution in [0.5, 0.6) is 0 Å². The molecule has 1 saturated carbocycles. The van der Waals surface area contributed by atoms with Crippen LogP contribution in [0, 0.1) is 11.8 Å². The Hall–Kier alpha value is -0.570. The van der Waals surface area contributed by atoms with Crippen molar-refractivity contribution in [2.75, 3.05) is 6.61 Å². The third-order valence-corrected chi connectivity index (χ3v) is 2.77. The summed E-state index contributed by atoms with van der Waals surface area (Å²) >= 11 is 0. The number of carbonyl (C=O) groups excluding carboxylic acids is 1. The largest absolute Gasteiger partial charge is 0.460 e. The zero-order valence-corrected chi connectivity index (χ0v) is 9.08. The quantitative estimate of drug-likeness (QED) is 0.602. The lowest BCUT2D eigenvalue weighted by Gasteiger charge is -2.19. The number of carbonyl (C=O) groups is 1. The highest BCUT2D eigenvalue weighted by atomic mass is 16.6. The average molecular weight is 198 g/mol. The number of fused-ring (bicyclic) bond motifs is 1. The van der Waals surface area contributed by atoms with Gasteiger partial charge in [-0.15, -0.1) is 0 Å². The molecule has 0 aromatic heterocycles. The fourth-order valence-electron chi connectivity index (χ4n) is 2.13. The van der Waals surface area contributed by atoms with Crippen LogP contribution in [0.25, 0.3) is 0 Å². The second-order valence-electron chi connectivity index (χ2n) is 5.20. The van der Waals surface area contributed by atoms with E-state index in [-0.39, 0.29) is 23.6 Å². The Labute approximate surface area is 84.8 Å². The normalized spacial score (nSPS) is 36.1. The molecule has 1 aliphatic carbocycles. The highest BCUT2D eigenvalue weighted by Gasteiger charge is 2.58. The van der Waals surface area contributed by atoms with Gasteiger partial charge in [-0.3, -0.25) is 4.79 Å². The van der Waals surface area contributed by atoms with Crippen molar-refractivity contribution >= 4 is 5.97 Å². The Bertz CT molecular complexity index is 229. The summed E-state index contributed by atoms with van der Waals surface area (Å²) in [6.07, 6.45) is 2.37. The fourth-order valence-corrected chi connectivity index (χ4v) is 2.13. The lowest BCUT2D eigenvalue weighted by molar-refractivity contribution is -0.157. The first-order valence-corrected chi connectivity index (χ1v) is 5.33. The molecule has 0 N–H and O–H groups in total. The van der Waals surface area contributed by atoms with Crippen LogP contribution in [0.3, 0.4) is 0 Å². The molecule has 1 saturated heterocycles. The molecular formula is C11H18O3. The molecule has 0 unspecified atom stereocenters. The topological polar surface area (TPSA) is 35.5 Å². The van der Waals surface area contributed by atoms with Crippen LogP contribution < -0.4 is 0 Å². The molecule has 2 fully saturated rings. The van der Waals surface area contributed by atoms with Crippen molar-refractivity contribution < 1.29 is 14.3 Å². The molecule has 0 aromatic rings. The van der Waals surface area contributed by atoms with Crippen LogP contribution in [0.4, 0.5) is 0 Å². The molecule has 3 atom stereocenters. The molecule has 0 radical (unpaired) electrons. The number of hydrogen-bond acceptors (Lipinski definition) is 3. The molecule has 3 heteroatoms. The van der Waals surface area contributed by atoms with E-state index in [1.807, 2.05) is 20.8 Å². The minimum Gasteiger partial charge on any atom is -0.460 e. The predicted octanol–water partition coefficient (Wildman–Crippen LogP) is 1.75. The van der Waals surface area contributed by atoms with Gasteiger partial charge >= 0.3 is 5.97 Å². The molecule has 0 bridgehead atoms. The molecule has 14 heavy (non-hydrogen) atoms. The van der Waals surface area contributed by atoms with Crippen molar-refractivity contribution in [1.82, 2.24) is 0 Å². The van der Waals surface area contributed by atoms with Gasteiger partial charge < -0.3 is 9.47 Å². The van der Waals surface area contributed by atoms with Crippen molar-refractivity contribution in [2.24, 2.45) is 11.8 Å². The van der Waals surface area contributed by atoms with E-state index in [2.05, 4.69) is 0 Å². The van der Waals surface area contributed by atoms with Crippen LogP contribution in [0.15, 0.2) is 0 Å². The van der Waals surface area contributed by atoms with Gasteiger partial charge in [-0.05, 0) is 33.6 Å². The van der Waals surface area contributed by atoms with E-state index in [4.69, 9.17) is 9.47 Å². The van der Waals surface area contributed by atoms with Crippen LogP contribution >= 0.6 is 0 Å². The zero-order chi connectivity index (χ0) is 10.3. The van der Waals surface area contributed by atoms with E-state index in [0.29, 0.717) is 5.92 Å². The summed E-state index contributed by atoms with van der Waals surface area (Å²) in [5.74, 6) is 0.393. The molecule has 2 aliphatic rings. The Kier molecular flexibility index (Phi) is 2.30. The SMILES string of the molecule is CC(C)(C)OC(=O)[C@H]1[C@H]2CCCO[C@H]21. The monoisotopic (exact) mass is 198 g/mol. The Balaban J connectivity index is 1.88. The van der Waals surface area contributed by atoms with Crippen molar-refractivity contribution in [2.45, 2.75) is 45.3 Å². The molecule has 1 aliphatic heterocycles. The molecule has 0 amide bonds. The first-order valence-electron chi connectivity index (χ1n) is 5.33. The van der Waals surface area contributed by atoms with E-state index in [0.717, 1.165) is 19.4 Å². The van der Waals surface area contributed by atoms with Gasteiger partial charge in [0.1, 0.15) is 5.60 Å². The van der Waals surface area contributed by atoms with E-state index in [1.165, 1.54) is 0 Å². The summed E-state index contributed by atoms with van der Waals surface area (Å²) in [5.41, 5.74) is -0.372. The molecule has 0 aromatic carbocycles. The second kappa shape index (κ2) is 3.23. The molecule has 0 spiro atoms. The standard InChI is InChI=1S/C11H18O3/c1-11(2,3)14-10(12)8-7-5-4-6-13-9(7)8/h7-9H,4-6H2,1-3H3/t7-,8+,9-/m1/s1. The van der Waals surface area contributed by atoms with Crippen LogP contribution in [-0.2, 0) is 14.3 Å². The van der Waals surface area contributed by atoms with Crippen LogP contribution in [0.2, 0.25) is 0 Å². The van der Waals surface area contributed by atoms with Crippen molar-refractivity contribution in [3.8, 4) is 0 Å². The van der Waals surface area contributed by atoms with Gasteiger partial charge in [0.15, 0.2) is 0 Å². The van der Waals surface area contributed by atoms with Crippen LogP contribution in [-0.4, -0.2) is 24.3 Å². The van der Waals surface area contributed by atoms with Crippen LogP contribution in [0.1, 0.15) is 33.6 Å². The average Bonchev–Trinajstić information content (AvgIpc) is 2.73. The second-order valence-corrected chi connectivity index (χ2v) is 5.20. The van der Waals surface area contributed by atoms with E-state index < -0.39 is 0 Å². The fraction of sp³-hybridized carbons (Fsp3) is 0.909. The van der Waals surface area contributed by atoms with Gasteiger partial charge in [-0.2, -0.15) is 0 Å². The summed E-state index contributed by atoms with van der Waals surface area (Å²) in [7, 11) is 0. The lowest BCUT2D eigenvalue weighted by Crippen LogP contribution is -2.25. The summed E-state index contributed by atoms with van der Waals surface area (Å²) in [4.78, 5) is 11.7. The van der Waals surface area contributed by atoms with Gasteiger partial charge in [-0.1, -0.05) is 0 Å². The molecule has 3 nitrogen and oxygen atoms in total. The third kappa shape index (κ3) is 1.92. The Morgan fingerprint density at radius 2 is 2.14 bits per heavy atom. The minimum absolute atomic E-state index is 0.0247. The first-order chi connectivity index (χ1) is 6.49. The molecule has 80 valence electrons. The van der Waals surface area contributed by atoms with Gasteiger partial charge in [0.25, 0.3) is 0 Å². The summed E-state index contributed by atoms with van der Waals surface area (Å²) in [6, 6.07) is 0. The molecular weight excluding hydrogens is 180 g/mol. The molecule has 2 rings (SSSR count). The maximum Gasteiger partial charge on any atom is 0.312 e. The summed E-state index contributed by atoms with van der Waals surface area (Å²) in [5, 5.41) is 0. The number of hydrogen-bond donors (Lipinski definition) is 0. The van der Waals surface area contributed by atoms with Crippen molar-refractivity contribution in [3.05, 3.63) is 0 Å². The van der Waals surface area contributed by atoms with Crippen molar-refractivity contribution in [1.29, 1.82) is 0 Å². The Morgan fingerprint density at radius 1 is 1.43 bits per heavy atom. The Morgan fingerprint density at radius 3 is 2.64 bits per heavy atom. The predicted molar refractivity (Wildman–Crippen MR) is 51.8 cm³/mol. The summed E-state index contributed by atoms with van der Waals surface area (Å²) in [6.45, 7) is 6.51. The zero-order valence-electron chi connectivity index (χ0n) is 9.08. The molecule has 1 heterocycles. The van der Waals surface area contributed by atoms with Gasteiger partial charge in [0, 0.05) is 12.5 Å². The number of esters is 1. The number of rotatable bonds is 1. The first kappa shape index (κ1) is 9.97. The van der Waals surface area contributed by atoms with E-state index in [1.54, 1.807) is 0 Å². The van der Waals surface area contributed by atoms with E-state index >= 15 is 0 Å². The smallest absolute Gasteiger partial charge is 0.312 e.